The summed E-state index contributed by atoms with van der Waals surface area (Å²) in [5, 5.41) is 3.40. The van der Waals surface area contributed by atoms with Gasteiger partial charge in [-0.2, -0.15) is 0 Å². The van der Waals surface area contributed by atoms with E-state index in [0.29, 0.717) is 6.54 Å². The second kappa shape index (κ2) is 8.79. The van der Waals surface area contributed by atoms with E-state index in [4.69, 9.17) is 9.97 Å². The van der Waals surface area contributed by atoms with Gasteiger partial charge in [-0.1, -0.05) is 0 Å². The van der Waals surface area contributed by atoms with E-state index in [-0.39, 0.29) is 17.9 Å². The maximum Gasteiger partial charge on any atom is 0.219 e. The zero-order valence-corrected chi connectivity index (χ0v) is 18.5. The van der Waals surface area contributed by atoms with Crippen molar-refractivity contribution in [1.29, 1.82) is 0 Å². The molecule has 0 aromatic carbocycles. The lowest BCUT2D eigenvalue weighted by atomic mass is 9.92. The summed E-state index contributed by atoms with van der Waals surface area (Å²) in [5.41, 5.74) is 4.70. The third kappa shape index (κ3) is 4.87. The van der Waals surface area contributed by atoms with Crippen LogP contribution < -0.4 is 5.32 Å². The van der Waals surface area contributed by atoms with E-state index in [0.717, 1.165) is 52.7 Å². The van der Waals surface area contributed by atoms with Crippen LogP contribution in [-0.2, 0) is 4.79 Å². The summed E-state index contributed by atoms with van der Waals surface area (Å²) in [6, 6.07) is 8.17. The average molecular weight is 417 g/mol. The van der Waals surface area contributed by atoms with E-state index in [9.17, 15) is 4.79 Å². The highest BCUT2D eigenvalue weighted by Crippen LogP contribution is 2.31. The molecule has 3 aromatic heterocycles. The largest absolute Gasteiger partial charge is 0.340 e. The van der Waals surface area contributed by atoms with Crippen LogP contribution in [-0.4, -0.2) is 43.3 Å². The van der Waals surface area contributed by atoms with Crippen LogP contribution in [0.4, 0.5) is 11.5 Å². The zero-order valence-electron chi connectivity index (χ0n) is 18.5. The Balaban J connectivity index is 1.73. The van der Waals surface area contributed by atoms with Gasteiger partial charge < -0.3 is 10.2 Å². The Bertz CT molecular complexity index is 1100. The predicted octanol–water partition coefficient (Wildman–Crippen LogP) is 4.41. The molecule has 1 saturated heterocycles. The summed E-state index contributed by atoms with van der Waals surface area (Å²) < 4.78 is 0. The number of anilines is 2. The van der Waals surface area contributed by atoms with E-state index in [1.165, 1.54) is 0 Å². The van der Waals surface area contributed by atoms with Gasteiger partial charge in [-0.3, -0.25) is 14.8 Å². The number of hydrogen-bond acceptors (Lipinski definition) is 6. The van der Waals surface area contributed by atoms with E-state index < -0.39 is 0 Å². The second-order valence-electron chi connectivity index (χ2n) is 8.35. The van der Waals surface area contributed by atoms with E-state index in [2.05, 4.69) is 28.3 Å². The minimum atomic E-state index is 0.0949. The molecular weight excluding hydrogens is 388 g/mol. The first-order valence-electron chi connectivity index (χ1n) is 10.7. The molecule has 4 rings (SSSR count). The normalized spacial score (nSPS) is 18.6. The van der Waals surface area contributed by atoms with Crippen molar-refractivity contribution in [2.24, 2.45) is 0 Å². The van der Waals surface area contributed by atoms with Gasteiger partial charge in [-0.15, -0.1) is 0 Å². The molecule has 0 saturated carbocycles. The second-order valence-corrected chi connectivity index (χ2v) is 8.35. The Hall–Kier alpha value is -3.35. The predicted molar refractivity (Wildman–Crippen MR) is 121 cm³/mol. The third-order valence-corrected chi connectivity index (χ3v) is 5.73. The molecule has 3 aromatic rings. The van der Waals surface area contributed by atoms with Crippen molar-refractivity contribution in [1.82, 2.24) is 24.8 Å². The van der Waals surface area contributed by atoms with Gasteiger partial charge in [0.05, 0.1) is 5.69 Å². The molecule has 31 heavy (non-hydrogen) atoms. The highest BCUT2D eigenvalue weighted by atomic mass is 16.2. The summed E-state index contributed by atoms with van der Waals surface area (Å²) in [7, 11) is 0. The summed E-state index contributed by atoms with van der Waals surface area (Å²) in [4.78, 5) is 32.4. The molecule has 0 unspecified atom stereocenters. The Labute approximate surface area is 183 Å². The number of carbonyl (C=O) groups is 1. The molecule has 7 heteroatoms. The lowest BCUT2D eigenvalue weighted by Crippen LogP contribution is -2.44. The van der Waals surface area contributed by atoms with Crippen LogP contribution >= 0.6 is 0 Å². The van der Waals surface area contributed by atoms with E-state index in [1.807, 2.05) is 49.3 Å². The van der Waals surface area contributed by atoms with Gasteiger partial charge in [0.15, 0.2) is 0 Å². The van der Waals surface area contributed by atoms with Gasteiger partial charge in [0.1, 0.15) is 11.6 Å². The van der Waals surface area contributed by atoms with Crippen LogP contribution in [0.1, 0.15) is 49.7 Å². The van der Waals surface area contributed by atoms with Gasteiger partial charge in [-0.05, 0) is 57.4 Å². The number of carbonyl (C=O) groups excluding carboxylic acids is 1. The molecule has 160 valence electrons. The number of rotatable bonds is 4. The van der Waals surface area contributed by atoms with Crippen LogP contribution in [0.3, 0.4) is 0 Å². The van der Waals surface area contributed by atoms with Gasteiger partial charge >= 0.3 is 0 Å². The molecule has 2 atom stereocenters. The number of aryl methyl sites for hydroxylation is 2. The van der Waals surface area contributed by atoms with Crippen LogP contribution in [0.2, 0.25) is 0 Å². The number of nitrogens with one attached hydrogen (secondary N) is 1. The Kier molecular flexibility index (Phi) is 5.93. The van der Waals surface area contributed by atoms with Crippen LogP contribution in [0.15, 0.2) is 42.9 Å². The molecule has 0 spiro atoms. The van der Waals surface area contributed by atoms with Gasteiger partial charge in [-0.25, -0.2) is 9.97 Å². The average Bonchev–Trinajstić information content (AvgIpc) is 2.73. The van der Waals surface area contributed by atoms with Gasteiger partial charge in [0.25, 0.3) is 0 Å². The molecule has 1 fully saturated rings. The highest BCUT2D eigenvalue weighted by Gasteiger charge is 2.30. The minimum absolute atomic E-state index is 0.0949. The van der Waals surface area contributed by atoms with Crippen LogP contribution in [0, 0.1) is 13.8 Å². The molecule has 4 heterocycles. The first-order chi connectivity index (χ1) is 14.9. The van der Waals surface area contributed by atoms with Gasteiger partial charge in [0, 0.05) is 67.0 Å². The summed E-state index contributed by atoms with van der Waals surface area (Å²) in [6.07, 6.45) is 7.32. The van der Waals surface area contributed by atoms with Crippen LogP contribution in [0.25, 0.3) is 11.3 Å². The van der Waals surface area contributed by atoms with Crippen molar-refractivity contribution in [3.63, 3.8) is 0 Å². The maximum atomic E-state index is 12.1. The molecule has 7 nitrogen and oxygen atoms in total. The number of likely N-dealkylation sites (tertiary alicyclic amines) is 1. The molecule has 0 radical (unpaired) electrons. The summed E-state index contributed by atoms with van der Waals surface area (Å²) in [5.74, 6) is 1.67. The fraction of sp³-hybridized carbons (Fsp3) is 0.375. The van der Waals surface area contributed by atoms with Crippen molar-refractivity contribution >= 4 is 17.4 Å². The first kappa shape index (κ1) is 20.9. The molecule has 1 aliphatic heterocycles. The number of hydrogen-bond donors (Lipinski definition) is 1. The number of pyridine rings is 2. The topological polar surface area (TPSA) is 83.9 Å². The molecule has 1 amide bonds. The van der Waals surface area contributed by atoms with Crippen molar-refractivity contribution in [3.05, 3.63) is 59.9 Å². The fourth-order valence-corrected chi connectivity index (χ4v) is 4.08. The standard InChI is InChI=1S/C24H28N6O/c1-15-9-20(13-25-12-15)22-11-23(27-21-7-8-26-16(2)10-21)29-24(28-22)19-6-5-17(3)30(14-19)18(4)31/h7-13,17,19H,5-6,14H2,1-4H3,(H,26,27,28,29)/t17-,19+/m0/s1. The van der Waals surface area contributed by atoms with Crippen molar-refractivity contribution < 1.29 is 4.79 Å². The maximum absolute atomic E-state index is 12.1. The Morgan fingerprint density at radius 1 is 1.13 bits per heavy atom. The molecule has 1 aliphatic rings. The SMILES string of the molecule is CC(=O)N1C[C@H](c2nc(Nc3ccnc(C)c3)cc(-c3cncc(C)c3)n2)CC[C@@H]1C. The van der Waals surface area contributed by atoms with E-state index in [1.54, 1.807) is 13.1 Å². The van der Waals surface area contributed by atoms with Crippen LogP contribution in [0.5, 0.6) is 0 Å². The highest BCUT2D eigenvalue weighted by molar-refractivity contribution is 5.73. The number of aromatic nitrogens is 4. The molecule has 0 aliphatic carbocycles. The molecule has 0 bridgehead atoms. The zero-order chi connectivity index (χ0) is 22.0. The molecule has 1 N–H and O–H groups in total. The van der Waals surface area contributed by atoms with Gasteiger partial charge in [0.2, 0.25) is 5.91 Å². The summed E-state index contributed by atoms with van der Waals surface area (Å²) >= 11 is 0. The van der Waals surface area contributed by atoms with E-state index >= 15 is 0 Å². The quantitative estimate of drug-likeness (QED) is 0.678. The van der Waals surface area contributed by atoms with Crippen molar-refractivity contribution in [2.75, 3.05) is 11.9 Å². The third-order valence-electron chi connectivity index (χ3n) is 5.73. The Morgan fingerprint density at radius 2 is 1.97 bits per heavy atom. The number of piperidine rings is 1. The molecular formula is C24H28N6O. The Morgan fingerprint density at radius 3 is 2.71 bits per heavy atom. The lowest BCUT2D eigenvalue weighted by Gasteiger charge is -2.37. The monoisotopic (exact) mass is 416 g/mol. The number of amides is 1. The smallest absolute Gasteiger partial charge is 0.219 e. The fourth-order valence-electron chi connectivity index (χ4n) is 4.08. The van der Waals surface area contributed by atoms with Crippen molar-refractivity contribution in [2.45, 2.75) is 52.5 Å². The lowest BCUT2D eigenvalue weighted by molar-refractivity contribution is -0.132. The summed E-state index contributed by atoms with van der Waals surface area (Å²) in [6.45, 7) is 8.35. The number of nitrogens with zero attached hydrogens (tertiary/aromatic N) is 5. The minimum Gasteiger partial charge on any atom is -0.340 e. The first-order valence-corrected chi connectivity index (χ1v) is 10.7. The van der Waals surface area contributed by atoms with Crippen molar-refractivity contribution in [3.8, 4) is 11.3 Å².